The third-order valence-corrected chi connectivity index (χ3v) is 10.9. The maximum Gasteiger partial charge on any atom is 0.146 e. The quantitative estimate of drug-likeness (QED) is 0.135. The molecule has 5 heteroatoms. The zero-order valence-corrected chi connectivity index (χ0v) is 26.6. The Balaban J connectivity index is 1.70. The first-order valence-electron chi connectivity index (χ1n) is 16.7. The molecule has 0 unspecified atom stereocenters. The molecule has 3 aliphatic carbocycles. The topological polar surface area (TPSA) is 87.0 Å². The Morgan fingerprint density at radius 1 is 1.16 bits per heavy atom. The average molecular weight is 591 g/mol. The first kappa shape index (κ1) is 33.7. The Labute approximate surface area is 259 Å². The number of aliphatic hydroxyl groups is 3. The Bertz CT molecular complexity index is 1170. The minimum absolute atomic E-state index is 0.0468. The van der Waals surface area contributed by atoms with Gasteiger partial charge in [0.25, 0.3) is 0 Å². The van der Waals surface area contributed by atoms with E-state index in [1.54, 1.807) is 0 Å². The van der Waals surface area contributed by atoms with Gasteiger partial charge in [-0.2, -0.15) is 0 Å². The first-order valence-corrected chi connectivity index (χ1v) is 16.7. The number of carbonyl (C=O) groups excluding carboxylic acids is 1. The normalized spacial score (nSPS) is 37.6. The second-order valence-corrected chi connectivity index (χ2v) is 13.6. The summed E-state index contributed by atoms with van der Waals surface area (Å²) in [4.78, 5) is 12.7. The molecule has 3 saturated carbocycles. The molecule has 0 aromatic carbocycles. The number of rotatable bonds is 6. The molecule has 236 valence electrons. The Hall–Kier alpha value is -2.23. The molecule has 43 heavy (non-hydrogen) atoms. The number of aldehydes is 1. The SMILES string of the molecule is C=C1/C=C/C=C(/[C@H]2CC[C@@]3([C@H](CCCO)/C(=C(/C=O)C4CCCCC4)CC[C@@]3(C)O)[C@@H]2O)COCC#CC/C(C)=C\CC1. The first-order chi connectivity index (χ1) is 20.7. The average Bonchev–Trinajstić information content (AvgIpc) is 3.33. The molecule has 0 aromatic rings. The maximum atomic E-state index is 12.7. The third kappa shape index (κ3) is 7.71. The smallest absolute Gasteiger partial charge is 0.146 e. The number of allylic oxidation sites excluding steroid dienone is 8. The molecule has 5 nitrogen and oxygen atoms in total. The van der Waals surface area contributed by atoms with Crippen LogP contribution in [0, 0.1) is 35.0 Å². The molecular weight excluding hydrogens is 536 g/mol. The van der Waals surface area contributed by atoms with Crippen molar-refractivity contribution in [2.75, 3.05) is 19.8 Å². The number of aliphatic hydroxyl groups excluding tert-OH is 2. The monoisotopic (exact) mass is 590 g/mol. The lowest BCUT2D eigenvalue weighted by Crippen LogP contribution is -2.59. The van der Waals surface area contributed by atoms with E-state index >= 15 is 0 Å². The van der Waals surface area contributed by atoms with E-state index in [4.69, 9.17) is 4.74 Å². The van der Waals surface area contributed by atoms with Crippen LogP contribution in [0.5, 0.6) is 0 Å². The van der Waals surface area contributed by atoms with E-state index in [2.05, 4.69) is 37.5 Å². The molecule has 0 radical (unpaired) electrons. The van der Waals surface area contributed by atoms with Crippen molar-refractivity contribution in [3.05, 3.63) is 58.7 Å². The van der Waals surface area contributed by atoms with Gasteiger partial charge in [-0.1, -0.05) is 78.7 Å². The number of hydrogen-bond acceptors (Lipinski definition) is 5. The highest BCUT2D eigenvalue weighted by Crippen LogP contribution is 2.63. The largest absolute Gasteiger partial charge is 0.396 e. The van der Waals surface area contributed by atoms with Crippen molar-refractivity contribution in [3.63, 3.8) is 0 Å². The summed E-state index contributed by atoms with van der Waals surface area (Å²) in [6, 6.07) is 0. The summed E-state index contributed by atoms with van der Waals surface area (Å²) in [5.74, 6) is 6.24. The van der Waals surface area contributed by atoms with E-state index < -0.39 is 17.1 Å². The van der Waals surface area contributed by atoms with Crippen molar-refractivity contribution in [2.45, 2.75) is 115 Å². The molecule has 1 aliphatic heterocycles. The molecular formula is C38H54O5. The van der Waals surface area contributed by atoms with Crippen molar-refractivity contribution < 1.29 is 24.9 Å². The fraction of sp³-hybridized carbons (Fsp3) is 0.658. The molecule has 0 amide bonds. The zero-order chi connectivity index (χ0) is 30.9. The summed E-state index contributed by atoms with van der Waals surface area (Å²) in [7, 11) is 0. The zero-order valence-electron chi connectivity index (χ0n) is 26.6. The Morgan fingerprint density at radius 2 is 1.95 bits per heavy atom. The predicted octanol–water partition coefficient (Wildman–Crippen LogP) is 6.94. The lowest BCUT2D eigenvalue weighted by atomic mass is 9.52. The molecule has 4 aliphatic rings. The van der Waals surface area contributed by atoms with E-state index in [9.17, 15) is 20.1 Å². The summed E-state index contributed by atoms with van der Waals surface area (Å²) >= 11 is 0. The number of carbonyl (C=O) groups is 1. The van der Waals surface area contributed by atoms with Crippen molar-refractivity contribution in [2.24, 2.45) is 23.2 Å². The van der Waals surface area contributed by atoms with E-state index in [1.807, 2.05) is 19.1 Å². The molecule has 4 rings (SSSR count). The Kier molecular flexibility index (Phi) is 12.3. The van der Waals surface area contributed by atoms with Crippen LogP contribution in [0.3, 0.4) is 0 Å². The third-order valence-electron chi connectivity index (χ3n) is 10.9. The Morgan fingerprint density at radius 3 is 2.70 bits per heavy atom. The van der Waals surface area contributed by atoms with Crippen molar-refractivity contribution in [1.29, 1.82) is 0 Å². The van der Waals surface area contributed by atoms with E-state index in [0.717, 1.165) is 79.9 Å². The van der Waals surface area contributed by atoms with Crippen LogP contribution in [0.4, 0.5) is 0 Å². The van der Waals surface area contributed by atoms with Crippen LogP contribution in [-0.2, 0) is 9.53 Å². The van der Waals surface area contributed by atoms with E-state index in [0.29, 0.717) is 45.3 Å². The highest BCUT2D eigenvalue weighted by molar-refractivity contribution is 5.76. The van der Waals surface area contributed by atoms with Crippen molar-refractivity contribution in [1.82, 2.24) is 0 Å². The summed E-state index contributed by atoms with van der Waals surface area (Å²) in [5.41, 5.74) is 3.42. The van der Waals surface area contributed by atoms with Gasteiger partial charge in [0.2, 0.25) is 0 Å². The maximum absolute atomic E-state index is 12.7. The van der Waals surface area contributed by atoms with Gasteiger partial charge in [0, 0.05) is 24.4 Å². The lowest BCUT2D eigenvalue weighted by Gasteiger charge is -2.56. The number of ether oxygens (including phenoxy) is 1. The molecule has 1 spiro atoms. The molecule has 0 aromatic heterocycles. The molecule has 1 heterocycles. The van der Waals surface area contributed by atoms with Crippen molar-refractivity contribution >= 4 is 6.29 Å². The van der Waals surface area contributed by atoms with Gasteiger partial charge in [-0.25, -0.2) is 0 Å². The second kappa shape index (κ2) is 15.7. The lowest BCUT2D eigenvalue weighted by molar-refractivity contribution is -0.168. The van der Waals surface area contributed by atoms with Crippen LogP contribution in [0.15, 0.2) is 58.7 Å². The van der Waals surface area contributed by atoms with Gasteiger partial charge < -0.3 is 20.1 Å². The highest BCUT2D eigenvalue weighted by atomic mass is 16.5. The van der Waals surface area contributed by atoms with Crippen LogP contribution >= 0.6 is 0 Å². The highest BCUT2D eigenvalue weighted by Gasteiger charge is 2.64. The van der Waals surface area contributed by atoms with Gasteiger partial charge in [-0.3, -0.25) is 4.79 Å². The number of hydrogen-bond donors (Lipinski definition) is 3. The van der Waals surface area contributed by atoms with Crippen LogP contribution in [0.1, 0.15) is 104 Å². The fourth-order valence-corrected chi connectivity index (χ4v) is 8.53. The van der Waals surface area contributed by atoms with Gasteiger partial charge in [-0.05, 0) is 101 Å². The minimum atomic E-state index is -1.10. The summed E-state index contributed by atoms with van der Waals surface area (Å²) < 4.78 is 6.04. The summed E-state index contributed by atoms with van der Waals surface area (Å²) in [6.45, 7) is 8.93. The van der Waals surface area contributed by atoms with Crippen molar-refractivity contribution in [3.8, 4) is 11.8 Å². The van der Waals surface area contributed by atoms with Gasteiger partial charge in [0.15, 0.2) is 0 Å². The van der Waals surface area contributed by atoms with Gasteiger partial charge in [0.1, 0.15) is 12.9 Å². The molecule has 0 bridgehead atoms. The predicted molar refractivity (Wildman–Crippen MR) is 173 cm³/mol. The summed E-state index contributed by atoms with van der Waals surface area (Å²) in [5, 5.41) is 34.4. The van der Waals surface area contributed by atoms with Crippen LogP contribution in [-0.4, -0.2) is 53.1 Å². The second-order valence-electron chi connectivity index (χ2n) is 13.6. The molecule has 3 N–H and O–H groups in total. The molecule has 0 saturated heterocycles. The standard InChI is InChI=1S/C38H54O5/c1-28-12-7-8-25-43-27-31(18-10-15-29(2)14-9-13-28)32-21-23-38(36(32)41)35(19-11-24-39)33(20-22-37(38,3)42)34(26-40)30-16-5-4-6-17-30/h10,13,15,18,26,30,32,35-36,39,41-42H,2,4-6,9,11-12,14,16-17,19-25,27H2,1,3H3/b15-10+,28-13-,31-18+,34-33-/t32-,35-,36-,37-,38-/m1/s1. The summed E-state index contributed by atoms with van der Waals surface area (Å²) in [6.07, 6.45) is 20.4. The van der Waals surface area contributed by atoms with Gasteiger partial charge in [-0.15, -0.1) is 0 Å². The van der Waals surface area contributed by atoms with E-state index in [1.165, 1.54) is 12.0 Å². The van der Waals surface area contributed by atoms with Gasteiger partial charge in [0.05, 0.1) is 18.3 Å². The van der Waals surface area contributed by atoms with Crippen LogP contribution < -0.4 is 0 Å². The fourth-order valence-electron chi connectivity index (χ4n) is 8.53. The minimum Gasteiger partial charge on any atom is -0.396 e. The molecule has 5 atom stereocenters. The van der Waals surface area contributed by atoms with Gasteiger partial charge >= 0.3 is 0 Å². The van der Waals surface area contributed by atoms with E-state index in [-0.39, 0.29) is 24.4 Å². The van der Waals surface area contributed by atoms with Crippen LogP contribution in [0.25, 0.3) is 0 Å². The molecule has 3 fully saturated rings. The van der Waals surface area contributed by atoms with Crippen LogP contribution in [0.2, 0.25) is 0 Å².